The largest absolute Gasteiger partial charge is 0.481 e. The molecular formula is C14H20N2O3. The standard InChI is InChI=1S/C14H20N2O3/c1-2-16(10-9-14(18)19)13(17)8-7-11-5-3-4-6-12(11)15/h3-6H,2,7-10,15H2,1H3,(H,18,19). The Morgan fingerprint density at radius 3 is 2.53 bits per heavy atom. The lowest BCUT2D eigenvalue weighted by Crippen LogP contribution is -2.33. The first kappa shape index (κ1) is 15.0. The van der Waals surface area contributed by atoms with Crippen LogP contribution < -0.4 is 5.73 Å². The minimum atomic E-state index is -0.890. The zero-order chi connectivity index (χ0) is 14.3. The first-order chi connectivity index (χ1) is 9.04. The van der Waals surface area contributed by atoms with Gasteiger partial charge < -0.3 is 15.7 Å². The quantitative estimate of drug-likeness (QED) is 0.731. The van der Waals surface area contributed by atoms with E-state index in [0.717, 1.165) is 5.56 Å². The maximum atomic E-state index is 12.0. The highest BCUT2D eigenvalue weighted by molar-refractivity contribution is 5.77. The summed E-state index contributed by atoms with van der Waals surface area (Å²) >= 11 is 0. The van der Waals surface area contributed by atoms with Gasteiger partial charge >= 0.3 is 5.97 Å². The molecule has 5 heteroatoms. The highest BCUT2D eigenvalue weighted by atomic mass is 16.4. The summed E-state index contributed by atoms with van der Waals surface area (Å²) in [5, 5.41) is 8.63. The predicted octanol–water partition coefficient (Wildman–Crippen LogP) is 1.52. The molecule has 0 spiro atoms. The van der Waals surface area contributed by atoms with Gasteiger partial charge in [-0.05, 0) is 25.0 Å². The molecule has 1 aromatic carbocycles. The molecule has 0 aliphatic heterocycles. The summed E-state index contributed by atoms with van der Waals surface area (Å²) in [6.07, 6.45) is 0.907. The summed E-state index contributed by atoms with van der Waals surface area (Å²) in [5.74, 6) is -0.925. The first-order valence-corrected chi connectivity index (χ1v) is 6.37. The highest BCUT2D eigenvalue weighted by Gasteiger charge is 2.13. The maximum Gasteiger partial charge on any atom is 0.305 e. The molecule has 0 saturated heterocycles. The lowest BCUT2D eigenvalue weighted by molar-refractivity contribution is -0.138. The second-order valence-electron chi connectivity index (χ2n) is 4.32. The fourth-order valence-corrected chi connectivity index (χ4v) is 1.85. The van der Waals surface area contributed by atoms with E-state index in [1.165, 1.54) is 0 Å². The third kappa shape index (κ3) is 4.99. The van der Waals surface area contributed by atoms with Gasteiger partial charge in [0.2, 0.25) is 5.91 Å². The number of benzene rings is 1. The second-order valence-corrected chi connectivity index (χ2v) is 4.32. The Bertz CT molecular complexity index is 446. The second kappa shape index (κ2) is 7.41. The van der Waals surface area contributed by atoms with E-state index in [4.69, 9.17) is 10.8 Å². The topological polar surface area (TPSA) is 83.6 Å². The van der Waals surface area contributed by atoms with Gasteiger partial charge in [0.15, 0.2) is 0 Å². The van der Waals surface area contributed by atoms with Gasteiger partial charge in [0.05, 0.1) is 6.42 Å². The van der Waals surface area contributed by atoms with Crippen molar-refractivity contribution in [3.05, 3.63) is 29.8 Å². The van der Waals surface area contributed by atoms with Crippen LogP contribution in [0.15, 0.2) is 24.3 Å². The van der Waals surface area contributed by atoms with Gasteiger partial charge in [-0.2, -0.15) is 0 Å². The molecule has 0 heterocycles. The lowest BCUT2D eigenvalue weighted by Gasteiger charge is -2.20. The van der Waals surface area contributed by atoms with Crippen molar-refractivity contribution in [1.29, 1.82) is 0 Å². The van der Waals surface area contributed by atoms with E-state index < -0.39 is 5.97 Å². The number of aliphatic carboxylic acids is 1. The first-order valence-electron chi connectivity index (χ1n) is 6.37. The SMILES string of the molecule is CCN(CCC(=O)O)C(=O)CCc1ccccc1N. The minimum absolute atomic E-state index is 0.0208. The average molecular weight is 264 g/mol. The minimum Gasteiger partial charge on any atom is -0.481 e. The number of carbonyl (C=O) groups is 2. The van der Waals surface area contributed by atoms with E-state index in [0.29, 0.717) is 25.1 Å². The summed E-state index contributed by atoms with van der Waals surface area (Å²) in [6.45, 7) is 2.63. The van der Waals surface area contributed by atoms with Crippen LogP contribution in [0.25, 0.3) is 0 Å². The molecule has 0 saturated carbocycles. The Labute approximate surface area is 113 Å². The number of nitrogens with two attached hydrogens (primary N) is 1. The van der Waals surface area contributed by atoms with E-state index in [-0.39, 0.29) is 18.9 Å². The van der Waals surface area contributed by atoms with Gasteiger partial charge in [-0.15, -0.1) is 0 Å². The molecule has 3 N–H and O–H groups in total. The van der Waals surface area contributed by atoms with Crippen molar-refractivity contribution in [1.82, 2.24) is 4.90 Å². The highest BCUT2D eigenvalue weighted by Crippen LogP contribution is 2.13. The van der Waals surface area contributed by atoms with Crippen LogP contribution in [-0.2, 0) is 16.0 Å². The third-order valence-electron chi connectivity index (χ3n) is 2.99. The molecule has 0 aliphatic rings. The molecule has 1 rings (SSSR count). The lowest BCUT2D eigenvalue weighted by atomic mass is 10.1. The Kier molecular flexibility index (Phi) is 5.85. The number of carbonyl (C=O) groups excluding carboxylic acids is 1. The van der Waals surface area contributed by atoms with Gasteiger partial charge in [0, 0.05) is 25.2 Å². The molecule has 1 amide bonds. The molecule has 0 fully saturated rings. The van der Waals surface area contributed by atoms with Gasteiger partial charge in [-0.1, -0.05) is 18.2 Å². The number of carboxylic acids is 1. The van der Waals surface area contributed by atoms with E-state index in [9.17, 15) is 9.59 Å². The molecular weight excluding hydrogens is 244 g/mol. The number of hydrogen-bond acceptors (Lipinski definition) is 3. The number of rotatable bonds is 7. The molecule has 104 valence electrons. The van der Waals surface area contributed by atoms with Gasteiger partial charge in [0.25, 0.3) is 0 Å². The van der Waals surface area contributed by atoms with Crippen LogP contribution in [0.4, 0.5) is 5.69 Å². The Morgan fingerprint density at radius 1 is 1.26 bits per heavy atom. The predicted molar refractivity (Wildman–Crippen MR) is 73.7 cm³/mol. The van der Waals surface area contributed by atoms with E-state index in [2.05, 4.69) is 0 Å². The summed E-state index contributed by atoms with van der Waals surface area (Å²) in [7, 11) is 0. The fraction of sp³-hybridized carbons (Fsp3) is 0.429. The molecule has 0 atom stereocenters. The summed E-state index contributed by atoms with van der Waals surface area (Å²) in [6, 6.07) is 7.45. The molecule has 5 nitrogen and oxygen atoms in total. The van der Waals surface area contributed by atoms with Gasteiger partial charge in [-0.25, -0.2) is 0 Å². The Hall–Kier alpha value is -2.04. The van der Waals surface area contributed by atoms with E-state index >= 15 is 0 Å². The van der Waals surface area contributed by atoms with Crippen LogP contribution >= 0.6 is 0 Å². The van der Waals surface area contributed by atoms with Crippen molar-refractivity contribution in [2.24, 2.45) is 0 Å². The van der Waals surface area contributed by atoms with Crippen LogP contribution in [-0.4, -0.2) is 35.0 Å². The van der Waals surface area contributed by atoms with Crippen LogP contribution in [0.2, 0.25) is 0 Å². The van der Waals surface area contributed by atoms with Crippen molar-refractivity contribution in [2.75, 3.05) is 18.8 Å². The van der Waals surface area contributed by atoms with Crippen LogP contribution in [0.1, 0.15) is 25.3 Å². The monoisotopic (exact) mass is 264 g/mol. The smallest absolute Gasteiger partial charge is 0.305 e. The third-order valence-corrected chi connectivity index (χ3v) is 2.99. The maximum absolute atomic E-state index is 12.0. The van der Waals surface area contributed by atoms with Gasteiger partial charge in [-0.3, -0.25) is 9.59 Å². The average Bonchev–Trinajstić information content (AvgIpc) is 2.38. The zero-order valence-corrected chi connectivity index (χ0v) is 11.1. The van der Waals surface area contributed by atoms with Crippen molar-refractivity contribution < 1.29 is 14.7 Å². The zero-order valence-electron chi connectivity index (χ0n) is 11.1. The van der Waals surface area contributed by atoms with Crippen LogP contribution in [0.3, 0.4) is 0 Å². The van der Waals surface area contributed by atoms with Crippen molar-refractivity contribution in [2.45, 2.75) is 26.2 Å². The molecule has 1 aromatic rings. The normalized spacial score (nSPS) is 10.2. The Balaban J connectivity index is 2.49. The number of aryl methyl sites for hydroxylation is 1. The molecule has 0 bridgehead atoms. The number of carboxylic acid groups (broad SMARTS) is 1. The van der Waals surface area contributed by atoms with Crippen LogP contribution in [0, 0.1) is 0 Å². The number of anilines is 1. The number of nitrogen functional groups attached to an aromatic ring is 1. The van der Waals surface area contributed by atoms with Crippen molar-refractivity contribution in [3.63, 3.8) is 0 Å². The van der Waals surface area contributed by atoms with Crippen molar-refractivity contribution in [3.8, 4) is 0 Å². The number of amides is 1. The van der Waals surface area contributed by atoms with E-state index in [1.807, 2.05) is 31.2 Å². The number of nitrogens with zero attached hydrogens (tertiary/aromatic N) is 1. The molecule has 0 unspecified atom stereocenters. The number of para-hydroxylation sites is 1. The Morgan fingerprint density at radius 2 is 1.95 bits per heavy atom. The van der Waals surface area contributed by atoms with Crippen molar-refractivity contribution >= 4 is 17.6 Å². The molecule has 19 heavy (non-hydrogen) atoms. The van der Waals surface area contributed by atoms with Crippen LogP contribution in [0.5, 0.6) is 0 Å². The fourth-order valence-electron chi connectivity index (χ4n) is 1.85. The molecule has 0 aliphatic carbocycles. The summed E-state index contributed by atoms with van der Waals surface area (Å²) in [4.78, 5) is 24.0. The van der Waals surface area contributed by atoms with Gasteiger partial charge in [0.1, 0.15) is 0 Å². The van der Waals surface area contributed by atoms with E-state index in [1.54, 1.807) is 4.90 Å². The summed E-state index contributed by atoms with van der Waals surface area (Å²) < 4.78 is 0. The summed E-state index contributed by atoms with van der Waals surface area (Å²) in [5.41, 5.74) is 7.44. The molecule has 0 aromatic heterocycles. The number of hydrogen-bond donors (Lipinski definition) is 2. The molecule has 0 radical (unpaired) electrons.